The van der Waals surface area contributed by atoms with Gasteiger partial charge in [0, 0.05) is 0 Å². The van der Waals surface area contributed by atoms with Gasteiger partial charge in [-0.3, -0.25) is 0 Å². The fourth-order valence-electron chi connectivity index (χ4n) is 0.329. The summed E-state index contributed by atoms with van der Waals surface area (Å²) in [5.74, 6) is 0.333. The van der Waals surface area contributed by atoms with E-state index in [9.17, 15) is 9.59 Å². The molecule has 0 atom stereocenters. The van der Waals surface area contributed by atoms with Crippen LogP contribution in [0, 0.1) is 0 Å². The summed E-state index contributed by atoms with van der Waals surface area (Å²) in [4.78, 5) is 18.9. The van der Waals surface area contributed by atoms with Crippen LogP contribution in [0.3, 0.4) is 0 Å². The Kier molecular flexibility index (Phi) is 27.8. The van der Waals surface area contributed by atoms with E-state index in [0.29, 0.717) is 0 Å². The molecule has 0 aromatic heterocycles. The minimum atomic E-state index is -0.504. The van der Waals surface area contributed by atoms with Crippen molar-refractivity contribution in [3.05, 3.63) is 0 Å². The maximum atomic E-state index is 9.44. The number of carbonyl (C=O) groups is 2. The van der Waals surface area contributed by atoms with Crippen molar-refractivity contribution >= 4 is 11.6 Å². The van der Waals surface area contributed by atoms with Crippen LogP contribution in [0.15, 0.2) is 0 Å². The van der Waals surface area contributed by atoms with E-state index >= 15 is 0 Å². The molecule has 0 fully saturated rings. The third kappa shape index (κ3) is 87.4. The first kappa shape index (κ1) is 22.2. The van der Waals surface area contributed by atoms with Crippen LogP contribution in [0.5, 0.6) is 0 Å². The zero-order chi connectivity index (χ0) is 14.1. The Hall–Kier alpha value is -0.0257. The summed E-state index contributed by atoms with van der Waals surface area (Å²) < 4.78 is 10.4. The molecule has 0 saturated heterocycles. The zero-order valence-corrected chi connectivity index (χ0v) is 13.5. The summed E-state index contributed by atoms with van der Waals surface area (Å²) >= 11 is -0.504. The average molecular weight is 282 g/mol. The fourth-order valence-corrected chi connectivity index (χ4v) is 1.36. The van der Waals surface area contributed by atoms with Gasteiger partial charge in [-0.25, -0.2) is 0 Å². The normalized spacial score (nSPS) is 8.12. The summed E-state index contributed by atoms with van der Waals surface area (Å²) in [5, 5.41) is 0. The van der Waals surface area contributed by atoms with Gasteiger partial charge in [0.25, 0.3) is 0 Å². The number of hydrogen-bond acceptors (Lipinski definition) is 4. The quantitative estimate of drug-likeness (QED) is 0.555. The van der Waals surface area contributed by atoms with Gasteiger partial charge in [-0.05, 0) is 27.7 Å². The van der Waals surface area contributed by atoms with Crippen molar-refractivity contribution in [3.8, 4) is 0 Å². The Morgan fingerprint density at radius 3 is 1.24 bits per heavy atom. The molecule has 0 saturated carbocycles. The molecule has 4 nitrogen and oxygen atoms in total. The van der Waals surface area contributed by atoms with Crippen LogP contribution in [0.2, 0.25) is 0 Å². The van der Waals surface area contributed by atoms with E-state index in [-0.39, 0.29) is 11.6 Å². The number of hydrogen-bond donors (Lipinski definition) is 0. The van der Waals surface area contributed by atoms with Crippen LogP contribution in [-0.2, 0) is 36.2 Å². The molecule has 0 N–H and O–H groups in total. The molecular formula is C12H26O4Ti. The van der Waals surface area contributed by atoms with Crippen molar-refractivity contribution in [3.63, 3.8) is 0 Å². The minimum absolute atomic E-state index is 0.167. The first-order valence-corrected chi connectivity index (χ1v) is 7.08. The predicted molar refractivity (Wildman–Crippen MR) is 65.2 cm³/mol. The van der Waals surface area contributed by atoms with Gasteiger partial charge in [0.05, 0.1) is 0 Å². The molecule has 102 valence electrons. The Balaban J connectivity index is -0.000000205. The molecule has 0 radical (unpaired) electrons. The van der Waals surface area contributed by atoms with Crippen molar-refractivity contribution in [2.45, 2.75) is 54.4 Å². The van der Waals surface area contributed by atoms with E-state index in [2.05, 4.69) is 13.8 Å². The van der Waals surface area contributed by atoms with Gasteiger partial charge >= 0.3 is 66.5 Å². The van der Waals surface area contributed by atoms with E-state index in [1.807, 2.05) is 0 Å². The second kappa shape index (κ2) is 21.3. The van der Waals surface area contributed by atoms with Gasteiger partial charge in [-0.1, -0.05) is 0 Å². The number of Topliss-reactive ketones (excluding diaryl/α,β-unsaturated/α-hetero) is 2. The Bertz CT molecular complexity index is 146. The molecule has 0 aliphatic carbocycles. The van der Waals surface area contributed by atoms with Crippen molar-refractivity contribution in [1.29, 1.82) is 0 Å². The second-order valence-electron chi connectivity index (χ2n) is 3.60. The summed E-state index contributed by atoms with van der Waals surface area (Å²) in [7, 11) is 0. The topological polar surface area (TPSA) is 52.6 Å². The van der Waals surface area contributed by atoms with Crippen molar-refractivity contribution in [2.24, 2.45) is 0 Å². The van der Waals surface area contributed by atoms with Crippen LogP contribution in [-0.4, -0.2) is 24.8 Å². The van der Waals surface area contributed by atoms with Crippen LogP contribution >= 0.6 is 0 Å². The summed E-state index contributed by atoms with van der Waals surface area (Å²) in [6.07, 6.45) is 2.19. The van der Waals surface area contributed by atoms with E-state index in [0.717, 1.165) is 26.1 Å². The maximum absolute atomic E-state index is 9.44. The zero-order valence-electron chi connectivity index (χ0n) is 12.0. The average Bonchev–Trinajstić information content (AvgIpc) is 2.16. The first-order valence-electron chi connectivity index (χ1n) is 5.81. The summed E-state index contributed by atoms with van der Waals surface area (Å²) in [6, 6.07) is 0. The van der Waals surface area contributed by atoms with Gasteiger partial charge in [-0.15, -0.1) is 0 Å². The van der Waals surface area contributed by atoms with E-state index in [1.165, 1.54) is 27.7 Å². The summed E-state index contributed by atoms with van der Waals surface area (Å²) in [6.45, 7) is 12.0. The van der Waals surface area contributed by atoms with Gasteiger partial charge in [-0.2, -0.15) is 0 Å². The molecule has 0 amide bonds. The molecule has 0 rings (SSSR count). The molecule has 0 unspecified atom stereocenters. The van der Waals surface area contributed by atoms with E-state index in [1.54, 1.807) is 0 Å². The van der Waals surface area contributed by atoms with Gasteiger partial charge in [0.2, 0.25) is 0 Å². The van der Waals surface area contributed by atoms with Crippen molar-refractivity contribution in [1.82, 2.24) is 0 Å². The third-order valence-corrected chi connectivity index (χ3v) is 1.74. The second-order valence-corrected chi connectivity index (χ2v) is 4.76. The molecule has 0 aliphatic rings. The van der Waals surface area contributed by atoms with Gasteiger partial charge < -0.3 is 9.59 Å². The van der Waals surface area contributed by atoms with Gasteiger partial charge in [0.1, 0.15) is 11.6 Å². The molecule has 0 heterocycles. The van der Waals surface area contributed by atoms with Crippen molar-refractivity contribution < 1.29 is 36.2 Å². The van der Waals surface area contributed by atoms with E-state index < -0.39 is 19.9 Å². The molecule has 0 aliphatic heterocycles. The van der Waals surface area contributed by atoms with Crippen molar-refractivity contribution in [2.75, 3.05) is 13.2 Å². The van der Waals surface area contributed by atoms with E-state index in [4.69, 9.17) is 6.64 Å². The Labute approximate surface area is 115 Å². The molecule has 0 aromatic carbocycles. The first-order chi connectivity index (χ1) is 7.88. The predicted octanol–water partition coefficient (Wildman–Crippen LogP) is 2.94. The molecular weight excluding hydrogens is 256 g/mol. The van der Waals surface area contributed by atoms with Crippen LogP contribution in [0.25, 0.3) is 0 Å². The number of ketones is 2. The number of carbonyl (C=O) groups excluding carboxylic acids is 2. The standard InChI is InChI=1S/2C3H6O.2C3H7O.Ti/c2*1-3(2)4;2*1-2-3-4;/h2*1-2H3;2*2-3H2,1H3;/q;;2*-1;+2. The molecule has 17 heavy (non-hydrogen) atoms. The SMILES string of the molecule is CC(C)=O.CC(C)=O.CCC[O][Ti][O]CCC. The Morgan fingerprint density at radius 2 is 1.06 bits per heavy atom. The number of rotatable bonds is 6. The summed E-state index contributed by atoms with van der Waals surface area (Å²) in [5.41, 5.74) is 0. The van der Waals surface area contributed by atoms with Gasteiger partial charge in [0.15, 0.2) is 0 Å². The molecule has 0 aromatic rings. The fraction of sp³-hybridized carbons (Fsp3) is 0.833. The van der Waals surface area contributed by atoms with Crippen LogP contribution in [0.4, 0.5) is 0 Å². The van der Waals surface area contributed by atoms with Crippen LogP contribution in [0.1, 0.15) is 54.4 Å². The Morgan fingerprint density at radius 1 is 0.824 bits per heavy atom. The van der Waals surface area contributed by atoms with Crippen LogP contribution < -0.4 is 0 Å². The molecule has 0 bridgehead atoms. The third-order valence-electron chi connectivity index (χ3n) is 0.730. The monoisotopic (exact) mass is 282 g/mol. The molecule has 0 spiro atoms. The molecule has 5 heteroatoms.